The fourth-order valence-electron chi connectivity index (χ4n) is 2.11. The number of nitrogens with one attached hydrogen (secondary N) is 1. The highest BCUT2D eigenvalue weighted by Crippen LogP contribution is 2.24. The zero-order chi connectivity index (χ0) is 19.2. The van der Waals surface area contributed by atoms with Gasteiger partial charge in [-0.1, -0.05) is 48.0 Å². The summed E-state index contributed by atoms with van der Waals surface area (Å²) in [5, 5.41) is 26.4. The van der Waals surface area contributed by atoms with Gasteiger partial charge in [0.25, 0.3) is 11.6 Å². The molecular formula is C16H12ClN7O3. The first-order valence-electron chi connectivity index (χ1n) is 7.62. The van der Waals surface area contributed by atoms with Crippen LogP contribution < -0.4 is 5.43 Å². The van der Waals surface area contributed by atoms with Crippen molar-refractivity contribution in [3.63, 3.8) is 0 Å². The van der Waals surface area contributed by atoms with E-state index in [4.69, 9.17) is 11.6 Å². The Bertz CT molecular complexity index is 1000. The van der Waals surface area contributed by atoms with E-state index in [1.165, 1.54) is 24.4 Å². The summed E-state index contributed by atoms with van der Waals surface area (Å²) in [5.41, 5.74) is 3.25. The summed E-state index contributed by atoms with van der Waals surface area (Å²) in [6.07, 6.45) is 1.27. The van der Waals surface area contributed by atoms with Crippen LogP contribution in [-0.4, -0.2) is 37.3 Å². The number of carbonyl (C=O) groups is 1. The van der Waals surface area contributed by atoms with Gasteiger partial charge in [0.2, 0.25) is 5.82 Å². The number of rotatable bonds is 6. The second-order valence-corrected chi connectivity index (χ2v) is 5.68. The SMILES string of the molecule is O=C(Cn1nnc(-c2ccccc2)n1)N/N=C/c1ccc(Cl)c([N+](=O)[O-])c1. The number of nitro benzene ring substituents is 1. The number of carbonyl (C=O) groups excluding carboxylic acids is 1. The van der Waals surface area contributed by atoms with Crippen LogP contribution in [0.5, 0.6) is 0 Å². The first-order valence-corrected chi connectivity index (χ1v) is 8.00. The Morgan fingerprint density at radius 3 is 2.81 bits per heavy atom. The lowest BCUT2D eigenvalue weighted by Gasteiger charge is -1.99. The number of amides is 1. The molecule has 2 aromatic carbocycles. The first-order chi connectivity index (χ1) is 13.0. The molecule has 3 aromatic rings. The summed E-state index contributed by atoms with van der Waals surface area (Å²) in [5.74, 6) is -0.0768. The van der Waals surface area contributed by atoms with Crippen molar-refractivity contribution in [3.05, 3.63) is 69.2 Å². The van der Waals surface area contributed by atoms with Crippen molar-refractivity contribution < 1.29 is 9.72 Å². The van der Waals surface area contributed by atoms with Crippen LogP contribution in [0.15, 0.2) is 53.6 Å². The van der Waals surface area contributed by atoms with Gasteiger partial charge in [0.05, 0.1) is 11.1 Å². The Kier molecular flexibility index (Phi) is 5.47. The zero-order valence-corrected chi connectivity index (χ0v) is 14.4. The molecule has 0 atom stereocenters. The number of nitro groups is 1. The van der Waals surface area contributed by atoms with E-state index in [0.29, 0.717) is 11.4 Å². The van der Waals surface area contributed by atoms with Crippen molar-refractivity contribution in [2.75, 3.05) is 0 Å². The standard InChI is InChI=1S/C16H12ClN7O3/c17-13-7-6-11(8-14(13)24(26)27)9-18-19-15(25)10-23-21-16(20-22-23)12-4-2-1-3-5-12/h1-9H,10H2,(H,19,25)/b18-9+. The highest BCUT2D eigenvalue weighted by atomic mass is 35.5. The van der Waals surface area contributed by atoms with E-state index >= 15 is 0 Å². The third kappa shape index (κ3) is 4.70. The summed E-state index contributed by atoms with van der Waals surface area (Å²) in [6, 6.07) is 13.4. The van der Waals surface area contributed by atoms with Gasteiger partial charge in [0.1, 0.15) is 11.6 Å². The highest BCUT2D eigenvalue weighted by Gasteiger charge is 2.12. The molecule has 0 aliphatic carbocycles. The number of hydrogen-bond donors (Lipinski definition) is 1. The Balaban J connectivity index is 1.59. The van der Waals surface area contributed by atoms with Gasteiger partial charge in [0.15, 0.2) is 0 Å². The first kappa shape index (κ1) is 18.1. The van der Waals surface area contributed by atoms with E-state index in [0.717, 1.165) is 10.4 Å². The molecule has 0 fully saturated rings. The van der Waals surface area contributed by atoms with E-state index in [-0.39, 0.29) is 17.3 Å². The summed E-state index contributed by atoms with van der Waals surface area (Å²) in [6.45, 7) is -0.183. The lowest BCUT2D eigenvalue weighted by Crippen LogP contribution is -2.24. The molecule has 136 valence electrons. The van der Waals surface area contributed by atoms with Crippen molar-refractivity contribution in [1.29, 1.82) is 0 Å². The minimum Gasteiger partial charge on any atom is -0.271 e. The molecule has 0 unspecified atom stereocenters. The van der Waals surface area contributed by atoms with Crippen molar-refractivity contribution in [1.82, 2.24) is 25.6 Å². The number of hydrogen-bond acceptors (Lipinski definition) is 7. The predicted molar refractivity (Wildman–Crippen MR) is 97.1 cm³/mol. The summed E-state index contributed by atoms with van der Waals surface area (Å²) >= 11 is 5.73. The smallest absolute Gasteiger partial charge is 0.271 e. The van der Waals surface area contributed by atoms with Gasteiger partial charge >= 0.3 is 0 Å². The van der Waals surface area contributed by atoms with Crippen LogP contribution in [0.2, 0.25) is 5.02 Å². The maximum Gasteiger partial charge on any atom is 0.288 e. The quantitative estimate of drug-likeness (QED) is 0.393. The molecule has 27 heavy (non-hydrogen) atoms. The normalized spacial score (nSPS) is 10.9. The van der Waals surface area contributed by atoms with Crippen molar-refractivity contribution in [2.24, 2.45) is 5.10 Å². The van der Waals surface area contributed by atoms with E-state index in [1.807, 2.05) is 30.3 Å². The average Bonchev–Trinajstić information content (AvgIpc) is 3.12. The molecule has 0 saturated carbocycles. The summed E-state index contributed by atoms with van der Waals surface area (Å²) in [7, 11) is 0. The Labute approximate surface area is 157 Å². The van der Waals surface area contributed by atoms with Crippen LogP contribution in [0.3, 0.4) is 0 Å². The Morgan fingerprint density at radius 1 is 1.30 bits per heavy atom. The lowest BCUT2D eigenvalue weighted by molar-refractivity contribution is -0.384. The molecule has 0 aliphatic heterocycles. The van der Waals surface area contributed by atoms with Crippen molar-refractivity contribution in [2.45, 2.75) is 6.54 Å². The molecule has 11 heteroatoms. The molecule has 0 aliphatic rings. The molecule has 1 amide bonds. The fraction of sp³-hybridized carbons (Fsp3) is 0.0625. The van der Waals surface area contributed by atoms with Gasteiger partial charge in [-0.2, -0.15) is 9.90 Å². The van der Waals surface area contributed by atoms with Crippen LogP contribution in [0.4, 0.5) is 5.69 Å². The van der Waals surface area contributed by atoms with Gasteiger partial charge < -0.3 is 0 Å². The van der Waals surface area contributed by atoms with Gasteiger partial charge in [-0.25, -0.2) is 5.43 Å². The third-order valence-corrected chi connectivity index (χ3v) is 3.66. The molecule has 0 bridgehead atoms. The molecule has 0 spiro atoms. The van der Waals surface area contributed by atoms with Crippen LogP contribution >= 0.6 is 11.6 Å². The number of benzene rings is 2. The number of aromatic nitrogens is 4. The molecule has 1 heterocycles. The second kappa shape index (κ2) is 8.15. The molecule has 10 nitrogen and oxygen atoms in total. The topological polar surface area (TPSA) is 128 Å². The molecule has 0 saturated heterocycles. The number of halogens is 1. The van der Waals surface area contributed by atoms with Gasteiger partial charge in [0, 0.05) is 17.2 Å². The minimum atomic E-state index is -0.598. The van der Waals surface area contributed by atoms with Crippen molar-refractivity contribution in [3.8, 4) is 11.4 Å². The number of tetrazole rings is 1. The molecular weight excluding hydrogens is 374 g/mol. The maximum atomic E-state index is 11.9. The minimum absolute atomic E-state index is 0.0210. The third-order valence-electron chi connectivity index (χ3n) is 3.34. The lowest BCUT2D eigenvalue weighted by atomic mass is 10.2. The number of nitrogens with zero attached hydrogens (tertiary/aromatic N) is 6. The monoisotopic (exact) mass is 385 g/mol. The van der Waals surface area contributed by atoms with E-state index in [2.05, 4.69) is 25.9 Å². The van der Waals surface area contributed by atoms with Crippen LogP contribution in [0.25, 0.3) is 11.4 Å². The van der Waals surface area contributed by atoms with E-state index in [9.17, 15) is 14.9 Å². The van der Waals surface area contributed by atoms with Gasteiger partial charge in [-0.05, 0) is 11.3 Å². The maximum absolute atomic E-state index is 11.9. The Hall–Kier alpha value is -3.66. The molecule has 1 aromatic heterocycles. The zero-order valence-electron chi connectivity index (χ0n) is 13.7. The van der Waals surface area contributed by atoms with Crippen molar-refractivity contribution >= 4 is 29.4 Å². The largest absolute Gasteiger partial charge is 0.288 e. The second-order valence-electron chi connectivity index (χ2n) is 5.27. The molecule has 0 radical (unpaired) electrons. The van der Waals surface area contributed by atoms with Crippen LogP contribution in [0, 0.1) is 10.1 Å². The fourth-order valence-corrected chi connectivity index (χ4v) is 2.29. The van der Waals surface area contributed by atoms with Gasteiger partial charge in [-0.3, -0.25) is 14.9 Å². The van der Waals surface area contributed by atoms with E-state index < -0.39 is 10.8 Å². The Morgan fingerprint density at radius 2 is 2.07 bits per heavy atom. The average molecular weight is 386 g/mol. The number of hydrazone groups is 1. The van der Waals surface area contributed by atoms with Gasteiger partial charge in [-0.15, -0.1) is 10.2 Å². The highest BCUT2D eigenvalue weighted by molar-refractivity contribution is 6.32. The summed E-state index contributed by atoms with van der Waals surface area (Å²) < 4.78 is 0. The predicted octanol–water partition coefficient (Wildman–Crippen LogP) is 2.05. The molecule has 1 N–H and O–H groups in total. The van der Waals surface area contributed by atoms with E-state index in [1.54, 1.807) is 0 Å². The van der Waals surface area contributed by atoms with Crippen LogP contribution in [-0.2, 0) is 11.3 Å². The summed E-state index contributed by atoms with van der Waals surface area (Å²) in [4.78, 5) is 23.3. The van der Waals surface area contributed by atoms with Crippen LogP contribution in [0.1, 0.15) is 5.56 Å². The molecule has 3 rings (SSSR count).